The van der Waals surface area contributed by atoms with Gasteiger partial charge >= 0.3 is 0 Å². The van der Waals surface area contributed by atoms with E-state index in [1.807, 2.05) is 0 Å². The van der Waals surface area contributed by atoms with E-state index in [4.69, 9.17) is 0 Å². The maximum atomic E-state index is 16.5. The molecule has 0 amide bonds. The Labute approximate surface area is 288 Å². The van der Waals surface area contributed by atoms with E-state index in [9.17, 15) is 8.78 Å². The normalized spacial score (nSPS) is 23.0. The van der Waals surface area contributed by atoms with Gasteiger partial charge in [0.15, 0.2) is 41.0 Å². The van der Waals surface area contributed by atoms with Crippen LogP contribution in [0.4, 0.5) is 48.7 Å². The highest BCUT2D eigenvalue weighted by atomic mass is 31.2. The van der Waals surface area contributed by atoms with E-state index >= 15 is 39.9 Å². The van der Waals surface area contributed by atoms with Crippen molar-refractivity contribution < 1.29 is 48.7 Å². The number of aryl methyl sites for hydroxylation is 6. The van der Waals surface area contributed by atoms with Crippen LogP contribution in [0.25, 0.3) is 0 Å². The van der Waals surface area contributed by atoms with Gasteiger partial charge in [0.05, 0.1) is 5.66 Å². The summed E-state index contributed by atoms with van der Waals surface area (Å²) in [6, 6.07) is 7.06. The fraction of sp³-hybridized carbons (Fsp3) is 0.342. The van der Waals surface area contributed by atoms with Gasteiger partial charge in [-0.3, -0.25) is 0 Å². The molecule has 4 atom stereocenters. The summed E-state index contributed by atoms with van der Waals surface area (Å²) >= 11 is 0. The van der Waals surface area contributed by atoms with Gasteiger partial charge in [0.1, 0.15) is 46.6 Å². The summed E-state index contributed by atoms with van der Waals surface area (Å²) in [6.45, 7) is 10.4. The van der Waals surface area contributed by atoms with Gasteiger partial charge in [-0.15, -0.1) is 16.7 Å². The Morgan fingerprint density at radius 3 is 1.18 bits per heavy atom. The molecule has 3 aliphatic rings. The third-order valence-corrected chi connectivity index (χ3v) is 17.7. The quantitative estimate of drug-likeness (QED) is 0.0673. The minimum absolute atomic E-state index is 0.241. The molecular weight excluding hydrogens is 704 g/mol. The molecule has 2 aliphatic carbocycles. The Morgan fingerprint density at radius 2 is 0.824 bits per heavy atom. The third-order valence-electron chi connectivity index (χ3n) is 12.1. The van der Waals surface area contributed by atoms with Crippen LogP contribution in [-0.4, -0.2) is 17.2 Å². The molecule has 1 heterocycles. The maximum absolute atomic E-state index is 16.5. The monoisotopic (exact) mass is 736 g/mol. The number of carbonyl (C=O) groups is 1. The van der Waals surface area contributed by atoms with Crippen molar-refractivity contribution in [3.05, 3.63) is 116 Å². The summed E-state index contributed by atoms with van der Waals surface area (Å²) < 4.78 is 157. The molecule has 0 spiro atoms. The lowest BCUT2D eigenvalue weighted by molar-refractivity contribution is 0.273. The van der Waals surface area contributed by atoms with Gasteiger partial charge in [0, 0.05) is 0 Å². The zero-order valence-corrected chi connectivity index (χ0v) is 29.3. The molecule has 4 aromatic rings. The average molecular weight is 736 g/mol. The number of rotatable bonds is 4. The van der Waals surface area contributed by atoms with E-state index in [0.717, 1.165) is 11.1 Å². The lowest BCUT2D eigenvalue weighted by Crippen LogP contribution is -2.70. The van der Waals surface area contributed by atoms with E-state index in [2.05, 4.69) is 0 Å². The van der Waals surface area contributed by atoms with Crippen molar-refractivity contribution >= 4 is 40.4 Å². The summed E-state index contributed by atoms with van der Waals surface area (Å²) in [4.78, 5) is 16.4. The number of hydrogen-bond acceptors (Lipinski definition) is 1. The van der Waals surface area contributed by atoms with Crippen molar-refractivity contribution in [2.24, 2.45) is 11.8 Å². The van der Waals surface area contributed by atoms with E-state index < -0.39 is 111 Å². The van der Waals surface area contributed by atoms with Crippen molar-refractivity contribution in [3.63, 3.8) is 0 Å². The molecule has 51 heavy (non-hydrogen) atoms. The van der Waals surface area contributed by atoms with Crippen LogP contribution in [0.1, 0.15) is 52.6 Å². The summed E-state index contributed by atoms with van der Waals surface area (Å²) in [5.41, 5.74) is -2.21. The van der Waals surface area contributed by atoms with Crippen LogP contribution in [0.2, 0.25) is 5.82 Å². The molecule has 0 aromatic heterocycles. The molecule has 7 rings (SSSR count). The van der Waals surface area contributed by atoms with E-state index in [-0.39, 0.29) is 12.8 Å². The third kappa shape index (κ3) is 4.31. The number of halogens is 10. The van der Waals surface area contributed by atoms with Gasteiger partial charge in [-0.1, -0.05) is 47.7 Å². The fourth-order valence-electron chi connectivity index (χ4n) is 11.1. The Bertz CT molecular complexity index is 2000. The number of fused-ring (bicyclic) bond motifs is 5. The summed E-state index contributed by atoms with van der Waals surface area (Å²) in [5, 5.41) is 0.819. The van der Waals surface area contributed by atoms with E-state index in [0.29, 0.717) is 39.3 Å². The Kier molecular flexibility index (Phi) is 8.18. The van der Waals surface area contributed by atoms with Crippen LogP contribution in [0.3, 0.4) is 0 Å². The molecule has 13 heteroatoms. The molecule has 1 saturated heterocycles. The van der Waals surface area contributed by atoms with Crippen LogP contribution in [0.15, 0.2) is 24.3 Å². The second-order valence-corrected chi connectivity index (χ2v) is 18.2. The molecular formula is C38H32BF10OP. The predicted molar refractivity (Wildman–Crippen MR) is 179 cm³/mol. The molecule has 0 N–H and O–H groups in total. The molecule has 4 aromatic carbocycles. The van der Waals surface area contributed by atoms with Crippen molar-refractivity contribution in [1.29, 1.82) is 0 Å². The van der Waals surface area contributed by atoms with Crippen LogP contribution < -0.4 is 21.5 Å². The summed E-state index contributed by atoms with van der Waals surface area (Å²) in [7, 11) is -4.05. The SMILES string of the molecule is Cc1cc(C)c([P+]2(c3c(C)cc(C)cc3C)C(=O)[B-](c3c(F)c(F)c(F)c(F)c3F)(c3c(F)c(F)c(F)c(F)c3F)[C@@H]3[C@H]4CC[C@H](C4)[C@@H]32)c(C)c1. The molecule has 2 saturated carbocycles. The number of benzene rings is 4. The first-order chi connectivity index (χ1) is 23.9. The molecule has 268 valence electrons. The van der Waals surface area contributed by atoms with Gasteiger partial charge in [-0.05, 0) is 82.6 Å². The summed E-state index contributed by atoms with van der Waals surface area (Å²) in [6.07, 6.45) is -3.69. The highest BCUT2D eigenvalue weighted by molar-refractivity contribution is 8.10. The minimum atomic E-state index is -4.65. The van der Waals surface area contributed by atoms with Gasteiger partial charge in [0.25, 0.3) is 0 Å². The van der Waals surface area contributed by atoms with Crippen molar-refractivity contribution in [2.45, 2.75) is 72.3 Å². The number of carbonyl (C=O) groups excluding carboxylic acids is 1. The van der Waals surface area contributed by atoms with Crippen molar-refractivity contribution in [3.8, 4) is 0 Å². The smallest absolute Gasteiger partial charge is 0.200 e. The molecule has 2 bridgehead atoms. The lowest BCUT2D eigenvalue weighted by atomic mass is 9.12. The zero-order valence-electron chi connectivity index (χ0n) is 28.5. The van der Waals surface area contributed by atoms with Gasteiger partial charge in [0.2, 0.25) is 0 Å². The standard InChI is InChI=1S/C38H32BF10OP/c1-14-9-16(3)35(17(4)10-14)51(36-18(5)11-15(2)12-19(36)6)37-21-8-7-20(13-21)22(37)39(38(51)50,23-25(40)29(44)33(48)30(45)26(23)41)24-27(42)31(46)34(49)32(47)28(24)43/h9-12,20-22,37H,7-8,13H2,1-6H3/t20-,21+,22+,37-/m0/s1. The van der Waals surface area contributed by atoms with E-state index in [1.54, 1.807) is 65.8 Å². The maximum Gasteiger partial charge on any atom is 0.200 e. The molecule has 1 nitrogen and oxygen atoms in total. The first-order valence-corrected chi connectivity index (χ1v) is 18.5. The topological polar surface area (TPSA) is 17.1 Å². The fourth-order valence-corrected chi connectivity index (χ4v) is 18.2. The largest absolute Gasteiger partial charge is 0.301 e. The van der Waals surface area contributed by atoms with Crippen LogP contribution in [0.5, 0.6) is 0 Å². The van der Waals surface area contributed by atoms with Crippen molar-refractivity contribution in [2.75, 3.05) is 0 Å². The minimum Gasteiger partial charge on any atom is -0.301 e. The van der Waals surface area contributed by atoms with Gasteiger partial charge in [-0.2, -0.15) is 0 Å². The second-order valence-electron chi connectivity index (χ2n) is 14.9. The predicted octanol–water partition coefficient (Wildman–Crippen LogP) is 9.04. The lowest BCUT2D eigenvalue weighted by Gasteiger charge is -2.42. The van der Waals surface area contributed by atoms with Crippen LogP contribution in [0, 0.1) is 112 Å². The molecule has 1 aliphatic heterocycles. The van der Waals surface area contributed by atoms with Gasteiger partial charge in [-0.25, -0.2) is 43.9 Å². The zero-order chi connectivity index (χ0) is 37.4. The number of hydrogen-bond donors (Lipinski definition) is 0. The average Bonchev–Trinajstić information content (AvgIpc) is 3.73. The summed E-state index contributed by atoms with van der Waals surface area (Å²) in [5.74, 6) is -28.1. The first kappa shape index (κ1) is 35.7. The highest BCUT2D eigenvalue weighted by Gasteiger charge is 2.79. The molecule has 3 fully saturated rings. The van der Waals surface area contributed by atoms with Crippen molar-refractivity contribution in [1.82, 2.24) is 0 Å². The Balaban J connectivity index is 1.82. The van der Waals surface area contributed by atoms with Gasteiger partial charge < -0.3 is 4.79 Å². The van der Waals surface area contributed by atoms with E-state index in [1.165, 1.54) is 0 Å². The first-order valence-electron chi connectivity index (χ1n) is 16.7. The Hall–Kier alpha value is -3.66. The van der Waals surface area contributed by atoms with Crippen LogP contribution in [-0.2, 0) is 0 Å². The highest BCUT2D eigenvalue weighted by Crippen LogP contribution is 2.82. The second kappa shape index (κ2) is 11.7. The van der Waals surface area contributed by atoms with Crippen LogP contribution >= 0.6 is 7.26 Å². The Morgan fingerprint density at radius 1 is 0.510 bits per heavy atom. The molecule has 0 radical (unpaired) electrons. The molecule has 0 unspecified atom stereocenters.